The molecule has 0 radical (unpaired) electrons. The van der Waals surface area contributed by atoms with Crippen LogP contribution in [0.15, 0.2) is 0 Å². The van der Waals surface area contributed by atoms with Crippen molar-refractivity contribution in [2.75, 3.05) is 11.1 Å². The summed E-state index contributed by atoms with van der Waals surface area (Å²) in [6.07, 6.45) is 1.82. The second-order valence-corrected chi connectivity index (χ2v) is 6.97. The van der Waals surface area contributed by atoms with E-state index in [1.165, 1.54) is 0 Å². The summed E-state index contributed by atoms with van der Waals surface area (Å²) in [5.41, 5.74) is 1.69. The molecule has 1 aromatic rings. The zero-order chi connectivity index (χ0) is 13.3. The molecule has 1 amide bonds. The van der Waals surface area contributed by atoms with E-state index < -0.39 is 21.0 Å². The molecule has 1 saturated heterocycles. The topological polar surface area (TPSA) is 91.9 Å². The molecule has 1 aliphatic rings. The monoisotopic (exact) mass is 271 g/mol. The highest BCUT2D eigenvalue weighted by molar-refractivity contribution is 7.92. The first kappa shape index (κ1) is 13.1. The Morgan fingerprint density at radius 3 is 2.67 bits per heavy atom. The molecular weight excluding hydrogens is 254 g/mol. The van der Waals surface area contributed by atoms with Gasteiger partial charge in [0.2, 0.25) is 5.91 Å². The number of sulfone groups is 1. The largest absolute Gasteiger partial charge is 0.308 e. The lowest BCUT2D eigenvalue weighted by Crippen LogP contribution is -2.39. The number of rotatable bonds is 2. The Bertz CT molecular complexity index is 562. The van der Waals surface area contributed by atoms with Crippen LogP contribution in [0.25, 0.3) is 0 Å². The molecule has 18 heavy (non-hydrogen) atoms. The van der Waals surface area contributed by atoms with Crippen molar-refractivity contribution in [2.24, 2.45) is 0 Å². The molecule has 0 spiro atoms. The van der Waals surface area contributed by atoms with E-state index in [4.69, 9.17) is 0 Å². The summed E-state index contributed by atoms with van der Waals surface area (Å²) in [7, 11) is -3.30. The number of carbonyl (C=O) groups excluding carboxylic acids is 1. The Morgan fingerprint density at radius 2 is 2.11 bits per heavy atom. The van der Waals surface area contributed by atoms with E-state index in [0.29, 0.717) is 18.7 Å². The Kier molecular flexibility index (Phi) is 3.43. The lowest BCUT2D eigenvalue weighted by molar-refractivity contribution is -0.116. The Balaban J connectivity index is 2.15. The maximum Gasteiger partial charge on any atom is 0.243 e. The molecule has 1 aliphatic heterocycles. The van der Waals surface area contributed by atoms with E-state index in [-0.39, 0.29) is 5.75 Å². The van der Waals surface area contributed by atoms with Gasteiger partial charge < -0.3 is 5.32 Å². The normalized spacial score (nSPS) is 22.7. The summed E-state index contributed by atoms with van der Waals surface area (Å²) in [6, 6.07) is 0. The molecular formula is C11H17N3O3S. The van der Waals surface area contributed by atoms with Gasteiger partial charge in [0, 0.05) is 11.3 Å². The average molecular weight is 271 g/mol. The van der Waals surface area contributed by atoms with Gasteiger partial charge in [-0.05, 0) is 26.7 Å². The van der Waals surface area contributed by atoms with Gasteiger partial charge in [-0.3, -0.25) is 9.89 Å². The minimum absolute atomic E-state index is 0.101. The Labute approximate surface area is 106 Å². The van der Waals surface area contributed by atoms with E-state index in [1.54, 1.807) is 0 Å². The molecule has 0 aliphatic carbocycles. The predicted molar refractivity (Wildman–Crippen MR) is 68.1 cm³/mol. The van der Waals surface area contributed by atoms with Crippen molar-refractivity contribution in [3.05, 3.63) is 11.3 Å². The maximum atomic E-state index is 12.0. The van der Waals surface area contributed by atoms with E-state index in [9.17, 15) is 13.2 Å². The first-order chi connectivity index (χ1) is 8.42. The van der Waals surface area contributed by atoms with Crippen LogP contribution in [0.3, 0.4) is 0 Å². The average Bonchev–Trinajstić information content (AvgIpc) is 2.60. The van der Waals surface area contributed by atoms with Gasteiger partial charge >= 0.3 is 0 Å². The summed E-state index contributed by atoms with van der Waals surface area (Å²) in [5.74, 6) is 0.0477. The standard InChI is InChI=1S/C11H17N3O3S/c1-7-8(2)13-14-10(7)12-11(15)9-5-3-4-6-18(9,16)17/h9H,3-6H2,1-2H3,(H2,12,13,14,15). The number of nitrogens with one attached hydrogen (secondary N) is 2. The summed E-state index contributed by atoms with van der Waals surface area (Å²) in [6.45, 7) is 3.67. The smallest absolute Gasteiger partial charge is 0.243 e. The van der Waals surface area contributed by atoms with Gasteiger partial charge in [0.25, 0.3) is 0 Å². The van der Waals surface area contributed by atoms with Gasteiger partial charge in [0.1, 0.15) is 5.25 Å². The number of aryl methyl sites for hydroxylation is 1. The van der Waals surface area contributed by atoms with Gasteiger partial charge in [-0.15, -0.1) is 0 Å². The van der Waals surface area contributed by atoms with E-state index in [0.717, 1.165) is 17.7 Å². The molecule has 0 aromatic carbocycles. The molecule has 1 fully saturated rings. The summed E-state index contributed by atoms with van der Waals surface area (Å²) in [4.78, 5) is 12.0. The van der Waals surface area contributed by atoms with Gasteiger partial charge in [0.05, 0.1) is 5.75 Å². The van der Waals surface area contributed by atoms with Crippen LogP contribution in [0.5, 0.6) is 0 Å². The number of amides is 1. The van der Waals surface area contributed by atoms with Crippen molar-refractivity contribution in [1.29, 1.82) is 0 Å². The Morgan fingerprint density at radius 1 is 1.39 bits per heavy atom. The fourth-order valence-corrected chi connectivity index (χ4v) is 3.85. The minimum Gasteiger partial charge on any atom is -0.308 e. The van der Waals surface area contributed by atoms with Crippen molar-refractivity contribution < 1.29 is 13.2 Å². The zero-order valence-corrected chi connectivity index (χ0v) is 11.3. The van der Waals surface area contributed by atoms with Crippen LogP contribution >= 0.6 is 0 Å². The second-order valence-electron chi connectivity index (χ2n) is 4.66. The highest BCUT2D eigenvalue weighted by atomic mass is 32.2. The first-order valence-corrected chi connectivity index (χ1v) is 7.67. The summed E-state index contributed by atoms with van der Waals surface area (Å²) in [5, 5.41) is 8.37. The fourth-order valence-electron chi connectivity index (χ4n) is 2.05. The third-order valence-corrected chi connectivity index (χ3v) is 5.54. The van der Waals surface area contributed by atoms with Crippen LogP contribution < -0.4 is 5.32 Å². The van der Waals surface area contributed by atoms with Crippen LogP contribution in [0, 0.1) is 13.8 Å². The number of nitrogens with zero attached hydrogens (tertiary/aromatic N) is 1. The van der Waals surface area contributed by atoms with Gasteiger partial charge in [-0.1, -0.05) is 6.42 Å². The van der Waals surface area contributed by atoms with E-state index in [1.807, 2.05) is 13.8 Å². The third kappa shape index (κ3) is 2.40. The highest BCUT2D eigenvalue weighted by Crippen LogP contribution is 2.22. The number of aromatic amines is 1. The molecule has 6 nitrogen and oxygen atoms in total. The molecule has 1 aromatic heterocycles. The van der Waals surface area contributed by atoms with Crippen LogP contribution in [-0.4, -0.2) is 35.5 Å². The predicted octanol–water partition coefficient (Wildman–Crippen LogP) is 0.932. The number of hydrogen-bond donors (Lipinski definition) is 2. The number of H-pyrrole nitrogens is 1. The summed E-state index contributed by atoms with van der Waals surface area (Å²) < 4.78 is 23.6. The highest BCUT2D eigenvalue weighted by Gasteiger charge is 2.35. The summed E-state index contributed by atoms with van der Waals surface area (Å²) >= 11 is 0. The second kappa shape index (κ2) is 4.72. The third-order valence-electron chi connectivity index (χ3n) is 3.37. The van der Waals surface area contributed by atoms with Crippen molar-refractivity contribution in [1.82, 2.24) is 10.2 Å². The SMILES string of the molecule is Cc1[nH]nc(NC(=O)C2CCCCS2(=O)=O)c1C. The van der Waals surface area contributed by atoms with Crippen molar-refractivity contribution in [3.63, 3.8) is 0 Å². The maximum absolute atomic E-state index is 12.0. The zero-order valence-electron chi connectivity index (χ0n) is 10.5. The number of carbonyl (C=O) groups is 1. The first-order valence-electron chi connectivity index (χ1n) is 5.96. The molecule has 100 valence electrons. The molecule has 0 bridgehead atoms. The lowest BCUT2D eigenvalue weighted by Gasteiger charge is -2.20. The van der Waals surface area contributed by atoms with E-state index >= 15 is 0 Å². The van der Waals surface area contributed by atoms with Gasteiger partial charge in [-0.2, -0.15) is 5.10 Å². The fraction of sp³-hybridized carbons (Fsp3) is 0.636. The molecule has 2 rings (SSSR count). The van der Waals surface area contributed by atoms with Crippen molar-refractivity contribution in [2.45, 2.75) is 38.4 Å². The Hall–Kier alpha value is -1.37. The minimum atomic E-state index is -3.30. The van der Waals surface area contributed by atoms with Crippen LogP contribution in [-0.2, 0) is 14.6 Å². The molecule has 1 atom stereocenters. The van der Waals surface area contributed by atoms with Gasteiger partial charge in [-0.25, -0.2) is 8.42 Å². The molecule has 7 heteroatoms. The van der Waals surface area contributed by atoms with Crippen LogP contribution in [0.2, 0.25) is 0 Å². The number of anilines is 1. The molecule has 2 heterocycles. The van der Waals surface area contributed by atoms with Crippen LogP contribution in [0.1, 0.15) is 30.5 Å². The number of aromatic nitrogens is 2. The van der Waals surface area contributed by atoms with Gasteiger partial charge in [0.15, 0.2) is 15.7 Å². The van der Waals surface area contributed by atoms with Crippen molar-refractivity contribution in [3.8, 4) is 0 Å². The van der Waals surface area contributed by atoms with E-state index in [2.05, 4.69) is 15.5 Å². The number of hydrogen-bond acceptors (Lipinski definition) is 4. The molecule has 0 saturated carbocycles. The molecule has 1 unspecified atom stereocenters. The lowest BCUT2D eigenvalue weighted by atomic mass is 10.2. The van der Waals surface area contributed by atoms with Crippen LogP contribution in [0.4, 0.5) is 5.82 Å². The van der Waals surface area contributed by atoms with Crippen molar-refractivity contribution >= 4 is 21.6 Å². The molecule has 2 N–H and O–H groups in total. The quantitative estimate of drug-likeness (QED) is 0.837.